The zero-order chi connectivity index (χ0) is 25.2. The Morgan fingerprint density at radius 3 is 2.34 bits per heavy atom. The van der Waals surface area contributed by atoms with Crippen molar-refractivity contribution in [1.29, 1.82) is 5.26 Å². The number of aromatic nitrogens is 2. The molecule has 1 unspecified atom stereocenters. The molecule has 4 rings (SSSR count). The van der Waals surface area contributed by atoms with Crippen LogP contribution in [-0.2, 0) is 10.0 Å². The van der Waals surface area contributed by atoms with E-state index in [1.807, 2.05) is 0 Å². The molecule has 0 radical (unpaired) electrons. The van der Waals surface area contributed by atoms with Gasteiger partial charge in [-0.15, -0.1) is 0 Å². The number of carbonyl (C=O) groups is 2. The maximum atomic E-state index is 13.8. The zero-order valence-electron chi connectivity index (χ0n) is 17.8. The highest BCUT2D eigenvalue weighted by Gasteiger charge is 2.34. The van der Waals surface area contributed by atoms with E-state index >= 15 is 0 Å². The second kappa shape index (κ2) is 9.54. The molecule has 2 N–H and O–H groups in total. The molecule has 0 bridgehead atoms. The van der Waals surface area contributed by atoms with Crippen LogP contribution in [0.5, 0.6) is 0 Å². The molecule has 0 amide bonds. The number of para-hydroxylation sites is 2. The first-order chi connectivity index (χ1) is 16.7. The number of carbonyl (C=O) groups excluding carboxylic acids is 2. The van der Waals surface area contributed by atoms with Gasteiger partial charge in [0.15, 0.2) is 11.6 Å². The van der Waals surface area contributed by atoms with Crippen LogP contribution in [0.25, 0.3) is 11.0 Å². The molecule has 0 fully saturated rings. The summed E-state index contributed by atoms with van der Waals surface area (Å²) in [4.78, 5) is 33.9. The van der Waals surface area contributed by atoms with Gasteiger partial charge in [0.1, 0.15) is 23.4 Å². The number of Topliss-reactive ketones (excluding diaryl/α,β-unsaturated/α-hetero) is 2. The van der Waals surface area contributed by atoms with E-state index in [0.717, 1.165) is 18.2 Å². The van der Waals surface area contributed by atoms with Gasteiger partial charge in [0.2, 0.25) is 10.0 Å². The summed E-state index contributed by atoms with van der Waals surface area (Å²) >= 11 is 0. The Labute approximate surface area is 198 Å². The van der Waals surface area contributed by atoms with Gasteiger partial charge >= 0.3 is 0 Å². The van der Waals surface area contributed by atoms with Crippen LogP contribution in [0.4, 0.5) is 8.78 Å². The first-order valence-electron chi connectivity index (χ1n) is 10.2. The second-order valence-electron chi connectivity index (χ2n) is 7.47. The van der Waals surface area contributed by atoms with Gasteiger partial charge in [0, 0.05) is 17.2 Å². The molecule has 0 saturated carbocycles. The van der Waals surface area contributed by atoms with Gasteiger partial charge in [0.05, 0.1) is 28.5 Å². The molecule has 176 valence electrons. The minimum absolute atomic E-state index is 0.0678. The van der Waals surface area contributed by atoms with Crippen molar-refractivity contribution in [3.63, 3.8) is 0 Å². The van der Waals surface area contributed by atoms with Crippen LogP contribution < -0.4 is 4.72 Å². The normalized spacial score (nSPS) is 12.3. The summed E-state index contributed by atoms with van der Waals surface area (Å²) in [6.07, 6.45) is 0. The number of sulfonamides is 1. The highest BCUT2D eigenvalue weighted by Crippen LogP contribution is 2.27. The number of nitriles is 1. The van der Waals surface area contributed by atoms with Crippen molar-refractivity contribution >= 4 is 32.6 Å². The van der Waals surface area contributed by atoms with E-state index < -0.39 is 45.7 Å². The van der Waals surface area contributed by atoms with Gasteiger partial charge in [0.25, 0.3) is 0 Å². The van der Waals surface area contributed by atoms with Gasteiger partial charge in [-0.2, -0.15) is 9.98 Å². The molecular weight excluding hydrogens is 478 g/mol. The summed E-state index contributed by atoms with van der Waals surface area (Å²) in [5.41, 5.74) is 0.437. The molecule has 0 aliphatic heterocycles. The first kappa shape index (κ1) is 23.9. The molecule has 3 aromatic carbocycles. The van der Waals surface area contributed by atoms with Crippen molar-refractivity contribution in [3.05, 3.63) is 95.3 Å². The Bertz CT molecular complexity index is 1560. The van der Waals surface area contributed by atoms with Crippen LogP contribution in [-0.4, -0.2) is 36.5 Å². The lowest BCUT2D eigenvalue weighted by Gasteiger charge is -2.14. The highest BCUT2D eigenvalue weighted by atomic mass is 32.2. The first-order valence-corrected chi connectivity index (χ1v) is 11.6. The number of nitrogens with one attached hydrogen (secondary N) is 2. The summed E-state index contributed by atoms with van der Waals surface area (Å²) in [5, 5.41) is 8.65. The maximum Gasteiger partial charge on any atom is 0.241 e. The van der Waals surface area contributed by atoms with Gasteiger partial charge in [-0.1, -0.05) is 24.3 Å². The predicted molar refractivity (Wildman–Crippen MR) is 121 cm³/mol. The molecule has 4 aromatic rings. The van der Waals surface area contributed by atoms with Crippen molar-refractivity contribution in [2.75, 3.05) is 6.54 Å². The van der Waals surface area contributed by atoms with Gasteiger partial charge in [-0.25, -0.2) is 22.2 Å². The smallest absolute Gasteiger partial charge is 0.241 e. The lowest BCUT2D eigenvalue weighted by atomic mass is 9.89. The Balaban J connectivity index is 1.82. The lowest BCUT2D eigenvalue weighted by molar-refractivity contribution is 0.0855. The zero-order valence-corrected chi connectivity index (χ0v) is 18.6. The van der Waals surface area contributed by atoms with Crippen LogP contribution in [0, 0.1) is 23.0 Å². The number of benzene rings is 3. The van der Waals surface area contributed by atoms with Crippen LogP contribution in [0.2, 0.25) is 0 Å². The van der Waals surface area contributed by atoms with Crippen LogP contribution in [0.1, 0.15) is 32.5 Å². The number of imidazole rings is 1. The van der Waals surface area contributed by atoms with E-state index in [0.29, 0.717) is 17.1 Å². The number of aromatic amines is 1. The summed E-state index contributed by atoms with van der Waals surface area (Å²) in [6.45, 7) is -0.480. The number of ketones is 2. The molecule has 0 aliphatic carbocycles. The van der Waals surface area contributed by atoms with Crippen molar-refractivity contribution in [3.8, 4) is 6.07 Å². The summed E-state index contributed by atoms with van der Waals surface area (Å²) < 4.78 is 54.6. The van der Waals surface area contributed by atoms with Gasteiger partial charge in [-0.3, -0.25) is 9.59 Å². The Morgan fingerprint density at radius 1 is 0.971 bits per heavy atom. The van der Waals surface area contributed by atoms with E-state index in [1.165, 1.54) is 18.2 Å². The minimum atomic E-state index is -4.11. The summed E-state index contributed by atoms with van der Waals surface area (Å²) in [7, 11) is -4.11. The van der Waals surface area contributed by atoms with Gasteiger partial charge < -0.3 is 4.98 Å². The topological polar surface area (TPSA) is 133 Å². The Morgan fingerprint density at radius 2 is 1.66 bits per heavy atom. The Hall–Kier alpha value is -4.27. The highest BCUT2D eigenvalue weighted by molar-refractivity contribution is 7.89. The summed E-state index contributed by atoms with van der Waals surface area (Å²) in [5.74, 6) is -5.48. The molecule has 0 spiro atoms. The molecular formula is C24H16F2N4O4S. The standard InChI is InChI=1S/C24H16F2N4O4S/c25-16-10-15(11-17(26)13-16)23(32)21(24-29-19-6-1-2-7-20(19)30-24)22(31)14-4-3-5-18(12-14)35(33,34)28-9-8-27/h1-7,10-13,21,28H,9H2,(H,29,30). The lowest BCUT2D eigenvalue weighted by Crippen LogP contribution is -2.26. The average Bonchev–Trinajstić information content (AvgIpc) is 3.26. The van der Waals surface area contributed by atoms with Crippen molar-refractivity contribution < 1.29 is 26.8 Å². The summed E-state index contributed by atoms with van der Waals surface area (Å²) in [6, 6.07) is 15.5. The number of fused-ring (bicyclic) bond motifs is 1. The number of rotatable bonds is 8. The SMILES string of the molecule is N#CCNS(=O)(=O)c1cccc(C(=O)C(C(=O)c2cc(F)cc(F)c2)c2nc3ccccc3[nH]2)c1. The molecule has 0 saturated heterocycles. The fourth-order valence-corrected chi connectivity index (χ4v) is 4.49. The average molecular weight is 494 g/mol. The van der Waals surface area contributed by atoms with Crippen molar-refractivity contribution in [2.24, 2.45) is 0 Å². The van der Waals surface area contributed by atoms with E-state index in [2.05, 4.69) is 14.7 Å². The third-order valence-electron chi connectivity index (χ3n) is 5.12. The second-order valence-corrected chi connectivity index (χ2v) is 9.24. The monoisotopic (exact) mass is 494 g/mol. The predicted octanol–water partition coefficient (Wildman–Crippen LogP) is 3.49. The van der Waals surface area contributed by atoms with E-state index in [4.69, 9.17) is 5.26 Å². The molecule has 35 heavy (non-hydrogen) atoms. The number of hydrogen-bond donors (Lipinski definition) is 2. The molecule has 1 heterocycles. The van der Waals surface area contributed by atoms with E-state index in [9.17, 15) is 26.8 Å². The number of nitrogens with zero attached hydrogens (tertiary/aromatic N) is 2. The Kier molecular flexibility index (Phi) is 6.50. The van der Waals surface area contributed by atoms with Crippen LogP contribution in [0.3, 0.4) is 0 Å². The molecule has 1 aromatic heterocycles. The van der Waals surface area contributed by atoms with E-state index in [1.54, 1.807) is 30.3 Å². The van der Waals surface area contributed by atoms with Crippen LogP contribution >= 0.6 is 0 Å². The molecule has 0 aliphatic rings. The number of halogens is 2. The number of H-pyrrole nitrogens is 1. The fourth-order valence-electron chi connectivity index (χ4n) is 3.53. The maximum absolute atomic E-state index is 13.8. The van der Waals surface area contributed by atoms with E-state index in [-0.39, 0.29) is 21.8 Å². The third kappa shape index (κ3) is 4.98. The fraction of sp³-hybridized carbons (Fsp3) is 0.0833. The quantitative estimate of drug-likeness (QED) is 0.219. The van der Waals surface area contributed by atoms with Gasteiger partial charge in [-0.05, 0) is 36.4 Å². The molecule has 11 heteroatoms. The van der Waals surface area contributed by atoms with Crippen LogP contribution in [0.15, 0.2) is 71.6 Å². The minimum Gasteiger partial charge on any atom is -0.341 e. The van der Waals surface area contributed by atoms with Crippen molar-refractivity contribution in [1.82, 2.24) is 14.7 Å². The third-order valence-corrected chi connectivity index (χ3v) is 6.52. The van der Waals surface area contributed by atoms with Crippen molar-refractivity contribution in [2.45, 2.75) is 10.8 Å². The number of hydrogen-bond acceptors (Lipinski definition) is 6. The molecule has 1 atom stereocenters. The largest absolute Gasteiger partial charge is 0.341 e. The molecule has 8 nitrogen and oxygen atoms in total.